The molecule has 0 spiro atoms. The zero-order valence-electron chi connectivity index (χ0n) is 15.8. The van der Waals surface area contributed by atoms with E-state index in [1.807, 2.05) is 13.8 Å². The molecule has 0 bridgehead atoms. The van der Waals surface area contributed by atoms with Crippen LogP contribution in [0.2, 0.25) is 0 Å². The van der Waals surface area contributed by atoms with E-state index in [4.69, 9.17) is 4.99 Å². The van der Waals surface area contributed by atoms with E-state index in [-0.39, 0.29) is 17.2 Å². The second-order valence-electron chi connectivity index (χ2n) is 7.07. The van der Waals surface area contributed by atoms with E-state index in [0.29, 0.717) is 13.1 Å². The molecule has 0 radical (unpaired) electrons. The monoisotopic (exact) mass is 344 g/mol. The summed E-state index contributed by atoms with van der Waals surface area (Å²) in [5.74, 6) is 0.927. The summed E-state index contributed by atoms with van der Waals surface area (Å²) in [7, 11) is 0. The zero-order chi connectivity index (χ0) is 18.1. The van der Waals surface area contributed by atoms with Crippen molar-refractivity contribution >= 4 is 11.9 Å². The lowest BCUT2D eigenvalue weighted by Gasteiger charge is -2.41. The van der Waals surface area contributed by atoms with Crippen molar-refractivity contribution in [1.82, 2.24) is 16.0 Å². The summed E-state index contributed by atoms with van der Waals surface area (Å²) in [4.78, 5) is 16.4. The Morgan fingerprint density at radius 1 is 1.12 bits per heavy atom. The molecule has 1 fully saturated rings. The van der Waals surface area contributed by atoms with Crippen molar-refractivity contribution in [2.45, 2.75) is 45.4 Å². The molecule has 1 aliphatic carbocycles. The molecule has 1 saturated carbocycles. The first-order valence-electron chi connectivity index (χ1n) is 9.43. The molecule has 25 heavy (non-hydrogen) atoms. The van der Waals surface area contributed by atoms with Gasteiger partial charge in [0.1, 0.15) is 0 Å². The van der Waals surface area contributed by atoms with Crippen LogP contribution in [0.4, 0.5) is 0 Å². The number of hydrogen-bond donors (Lipinski definition) is 3. The molecule has 5 heteroatoms. The smallest absolute Gasteiger partial charge is 0.222 e. The minimum atomic E-state index is 0.0197. The summed E-state index contributed by atoms with van der Waals surface area (Å²) >= 11 is 0. The van der Waals surface area contributed by atoms with Gasteiger partial charge in [0.2, 0.25) is 5.91 Å². The normalized spacial score (nSPS) is 16.2. The molecule has 1 aromatic carbocycles. The summed E-state index contributed by atoms with van der Waals surface area (Å²) in [6.45, 7) is 8.75. The Bertz CT molecular complexity index is 564. The molecular weight excluding hydrogens is 312 g/mol. The Labute approximate surface area is 151 Å². The number of amides is 1. The number of hydrogen-bond acceptors (Lipinski definition) is 2. The zero-order valence-corrected chi connectivity index (χ0v) is 15.8. The van der Waals surface area contributed by atoms with Gasteiger partial charge in [0.05, 0.1) is 6.54 Å². The Hall–Kier alpha value is -2.04. The van der Waals surface area contributed by atoms with Crippen molar-refractivity contribution in [3.63, 3.8) is 0 Å². The number of nitrogens with one attached hydrogen (secondary N) is 3. The number of carbonyl (C=O) groups is 1. The fourth-order valence-electron chi connectivity index (χ4n) is 3.08. The Balaban J connectivity index is 1.89. The molecule has 1 aliphatic rings. The van der Waals surface area contributed by atoms with Crippen molar-refractivity contribution < 1.29 is 4.79 Å². The lowest BCUT2D eigenvalue weighted by Crippen LogP contribution is -2.44. The number of aliphatic imine (C=N–C) groups is 1. The summed E-state index contributed by atoms with van der Waals surface area (Å²) < 4.78 is 0. The van der Waals surface area contributed by atoms with Gasteiger partial charge in [-0.15, -0.1) is 0 Å². The molecule has 3 N–H and O–H groups in total. The largest absolute Gasteiger partial charge is 0.357 e. The standard InChI is InChI=1S/C20H32N4O/c1-4-21-19(23-14-13-22-18(25)16(2)3)24-15-20(11-8-12-20)17-9-6-5-7-10-17/h5-7,9-10,16H,4,8,11-15H2,1-3H3,(H,22,25)(H2,21,23,24). The van der Waals surface area contributed by atoms with E-state index in [2.05, 4.69) is 53.2 Å². The fourth-order valence-corrected chi connectivity index (χ4v) is 3.08. The van der Waals surface area contributed by atoms with Crippen molar-refractivity contribution in [1.29, 1.82) is 0 Å². The van der Waals surface area contributed by atoms with Crippen LogP contribution < -0.4 is 16.0 Å². The molecule has 138 valence electrons. The molecular formula is C20H32N4O. The maximum Gasteiger partial charge on any atom is 0.222 e. The second kappa shape index (κ2) is 9.44. The van der Waals surface area contributed by atoms with Gasteiger partial charge in [0.15, 0.2) is 5.96 Å². The van der Waals surface area contributed by atoms with Crippen molar-refractivity contribution in [2.75, 3.05) is 26.2 Å². The maximum absolute atomic E-state index is 11.6. The van der Waals surface area contributed by atoms with Crippen LogP contribution >= 0.6 is 0 Å². The molecule has 0 atom stereocenters. The summed E-state index contributed by atoms with van der Waals surface area (Å²) in [6.07, 6.45) is 3.67. The lowest BCUT2D eigenvalue weighted by molar-refractivity contribution is -0.123. The highest BCUT2D eigenvalue weighted by Crippen LogP contribution is 2.43. The first-order chi connectivity index (χ1) is 12.1. The fraction of sp³-hybridized carbons (Fsp3) is 0.600. The number of carbonyl (C=O) groups excluding carboxylic acids is 1. The van der Waals surface area contributed by atoms with Crippen LogP contribution in [0.1, 0.15) is 45.6 Å². The van der Waals surface area contributed by atoms with Gasteiger partial charge in [-0.2, -0.15) is 0 Å². The van der Waals surface area contributed by atoms with Gasteiger partial charge in [-0.05, 0) is 25.3 Å². The van der Waals surface area contributed by atoms with Crippen molar-refractivity contribution in [3.05, 3.63) is 35.9 Å². The first-order valence-corrected chi connectivity index (χ1v) is 9.43. The Kier molecular flexibility index (Phi) is 7.29. The highest BCUT2D eigenvalue weighted by molar-refractivity contribution is 5.80. The molecule has 0 heterocycles. The third-order valence-corrected chi connectivity index (χ3v) is 4.82. The lowest BCUT2D eigenvalue weighted by atomic mass is 9.64. The quantitative estimate of drug-likeness (QED) is 0.385. The Morgan fingerprint density at radius 2 is 1.80 bits per heavy atom. The molecule has 0 saturated heterocycles. The van der Waals surface area contributed by atoms with Crippen LogP contribution in [0.5, 0.6) is 0 Å². The summed E-state index contributed by atoms with van der Waals surface area (Å²) in [5, 5.41) is 9.52. The molecule has 1 amide bonds. The van der Waals surface area contributed by atoms with E-state index in [9.17, 15) is 4.79 Å². The average molecular weight is 345 g/mol. The topological polar surface area (TPSA) is 65.5 Å². The van der Waals surface area contributed by atoms with Crippen LogP contribution in [0.3, 0.4) is 0 Å². The average Bonchev–Trinajstić information content (AvgIpc) is 2.58. The Morgan fingerprint density at radius 3 is 2.36 bits per heavy atom. The van der Waals surface area contributed by atoms with Gasteiger partial charge in [-0.25, -0.2) is 0 Å². The summed E-state index contributed by atoms with van der Waals surface area (Å²) in [5.41, 5.74) is 1.58. The van der Waals surface area contributed by atoms with E-state index in [1.165, 1.54) is 24.8 Å². The minimum Gasteiger partial charge on any atom is -0.357 e. The first kappa shape index (κ1) is 19.3. The van der Waals surface area contributed by atoms with Gasteiger partial charge in [0, 0.05) is 31.0 Å². The van der Waals surface area contributed by atoms with Crippen LogP contribution in [0.15, 0.2) is 35.3 Å². The van der Waals surface area contributed by atoms with Crippen molar-refractivity contribution in [2.24, 2.45) is 10.9 Å². The molecule has 0 aromatic heterocycles. The molecule has 1 aromatic rings. The van der Waals surface area contributed by atoms with E-state index in [1.54, 1.807) is 0 Å². The molecule has 2 rings (SSSR count). The van der Waals surface area contributed by atoms with Crippen LogP contribution in [0, 0.1) is 5.92 Å². The van der Waals surface area contributed by atoms with Crippen LogP contribution in [-0.2, 0) is 10.2 Å². The summed E-state index contributed by atoms with van der Waals surface area (Å²) in [6, 6.07) is 10.7. The molecule has 5 nitrogen and oxygen atoms in total. The highest BCUT2D eigenvalue weighted by Gasteiger charge is 2.38. The minimum absolute atomic E-state index is 0.0197. The highest BCUT2D eigenvalue weighted by atomic mass is 16.1. The van der Waals surface area contributed by atoms with E-state index >= 15 is 0 Å². The molecule has 0 unspecified atom stereocenters. The third-order valence-electron chi connectivity index (χ3n) is 4.82. The number of benzene rings is 1. The van der Waals surface area contributed by atoms with E-state index < -0.39 is 0 Å². The molecule has 0 aliphatic heterocycles. The third kappa shape index (κ3) is 5.48. The number of nitrogens with zero attached hydrogens (tertiary/aromatic N) is 1. The van der Waals surface area contributed by atoms with Gasteiger partial charge >= 0.3 is 0 Å². The van der Waals surface area contributed by atoms with E-state index in [0.717, 1.165) is 19.0 Å². The van der Waals surface area contributed by atoms with Crippen LogP contribution in [0.25, 0.3) is 0 Å². The number of rotatable bonds is 8. The predicted octanol–water partition coefficient (Wildman–Crippen LogP) is 2.44. The maximum atomic E-state index is 11.6. The SMILES string of the molecule is CCNC(=NCC1(c2ccccc2)CCC1)NCCNC(=O)C(C)C. The predicted molar refractivity (Wildman–Crippen MR) is 104 cm³/mol. The van der Waals surface area contributed by atoms with Gasteiger partial charge in [0.25, 0.3) is 0 Å². The van der Waals surface area contributed by atoms with Crippen molar-refractivity contribution in [3.8, 4) is 0 Å². The van der Waals surface area contributed by atoms with Gasteiger partial charge in [-0.1, -0.05) is 50.6 Å². The second-order valence-corrected chi connectivity index (χ2v) is 7.07. The van der Waals surface area contributed by atoms with Crippen LogP contribution in [-0.4, -0.2) is 38.0 Å². The van der Waals surface area contributed by atoms with Gasteiger partial charge in [-0.3, -0.25) is 9.79 Å². The number of guanidine groups is 1. The van der Waals surface area contributed by atoms with Gasteiger partial charge < -0.3 is 16.0 Å².